The van der Waals surface area contributed by atoms with Crippen LogP contribution in [0.1, 0.15) is 18.3 Å². The van der Waals surface area contributed by atoms with Gasteiger partial charge in [-0.15, -0.1) is 0 Å². The molecule has 1 aromatic heterocycles. The number of ether oxygens (including phenoxy) is 1. The van der Waals surface area contributed by atoms with E-state index in [4.69, 9.17) is 4.74 Å². The van der Waals surface area contributed by atoms with E-state index in [1.54, 1.807) is 0 Å². The molecule has 4 heteroatoms. The van der Waals surface area contributed by atoms with E-state index in [1.165, 1.54) is 5.56 Å². The van der Waals surface area contributed by atoms with Crippen molar-refractivity contribution in [2.75, 3.05) is 6.61 Å². The molecule has 0 spiro atoms. The molecule has 0 aliphatic carbocycles. The van der Waals surface area contributed by atoms with Crippen molar-refractivity contribution >= 4 is 0 Å². The van der Waals surface area contributed by atoms with Crippen molar-refractivity contribution in [1.29, 1.82) is 0 Å². The van der Waals surface area contributed by atoms with Gasteiger partial charge < -0.3 is 14.6 Å². The monoisotopic (exact) mass is 245 g/mol. The van der Waals surface area contributed by atoms with Crippen LogP contribution < -0.4 is 10.1 Å². The predicted molar refractivity (Wildman–Crippen MR) is 71.4 cm³/mol. The van der Waals surface area contributed by atoms with Crippen molar-refractivity contribution in [3.63, 3.8) is 0 Å². The second-order valence-corrected chi connectivity index (χ2v) is 4.13. The average molecular weight is 245 g/mol. The number of rotatable bonds is 6. The molecule has 0 aliphatic rings. The highest BCUT2D eigenvalue weighted by molar-refractivity contribution is 5.27. The molecule has 18 heavy (non-hydrogen) atoms. The van der Waals surface area contributed by atoms with Crippen molar-refractivity contribution in [2.24, 2.45) is 7.05 Å². The molecule has 1 aromatic carbocycles. The second-order valence-electron chi connectivity index (χ2n) is 4.13. The summed E-state index contributed by atoms with van der Waals surface area (Å²) >= 11 is 0. The first-order valence-corrected chi connectivity index (χ1v) is 6.18. The maximum absolute atomic E-state index is 5.41. The number of aryl methyl sites for hydroxylation is 1. The molecule has 2 rings (SSSR count). The Balaban J connectivity index is 1.81. The van der Waals surface area contributed by atoms with Gasteiger partial charge in [0, 0.05) is 26.0 Å². The first kappa shape index (κ1) is 12.6. The van der Waals surface area contributed by atoms with Gasteiger partial charge in [-0.2, -0.15) is 0 Å². The first-order chi connectivity index (χ1) is 8.79. The van der Waals surface area contributed by atoms with E-state index in [1.807, 2.05) is 43.1 Å². The summed E-state index contributed by atoms with van der Waals surface area (Å²) in [4.78, 5) is 4.27. The van der Waals surface area contributed by atoms with Crippen LogP contribution in [-0.4, -0.2) is 16.2 Å². The molecule has 0 atom stereocenters. The molecule has 0 saturated carbocycles. The van der Waals surface area contributed by atoms with Gasteiger partial charge in [0.05, 0.1) is 13.2 Å². The largest absolute Gasteiger partial charge is 0.494 e. The lowest BCUT2D eigenvalue weighted by molar-refractivity contribution is 0.340. The summed E-state index contributed by atoms with van der Waals surface area (Å²) in [5, 5.41) is 3.37. The minimum Gasteiger partial charge on any atom is -0.494 e. The summed E-state index contributed by atoms with van der Waals surface area (Å²) in [6, 6.07) is 8.16. The van der Waals surface area contributed by atoms with E-state index in [0.717, 1.165) is 24.7 Å². The fraction of sp³-hybridized carbons (Fsp3) is 0.357. The Morgan fingerprint density at radius 1 is 1.22 bits per heavy atom. The number of benzene rings is 1. The smallest absolute Gasteiger partial charge is 0.122 e. The van der Waals surface area contributed by atoms with Gasteiger partial charge >= 0.3 is 0 Å². The maximum atomic E-state index is 5.41. The van der Waals surface area contributed by atoms with Crippen LogP contribution in [0.15, 0.2) is 36.7 Å². The van der Waals surface area contributed by atoms with Gasteiger partial charge in [-0.3, -0.25) is 0 Å². The summed E-state index contributed by atoms with van der Waals surface area (Å²) < 4.78 is 7.43. The highest BCUT2D eigenvalue weighted by Crippen LogP contribution is 2.11. The Kier molecular flexibility index (Phi) is 4.36. The molecule has 0 radical (unpaired) electrons. The fourth-order valence-corrected chi connectivity index (χ4v) is 1.76. The quantitative estimate of drug-likeness (QED) is 0.847. The zero-order valence-electron chi connectivity index (χ0n) is 10.9. The highest BCUT2D eigenvalue weighted by atomic mass is 16.5. The Labute approximate surface area is 108 Å². The Morgan fingerprint density at radius 3 is 2.61 bits per heavy atom. The van der Waals surface area contributed by atoms with Crippen LogP contribution in [0, 0.1) is 0 Å². The standard InChI is InChI=1S/C14H19N3O/c1-3-18-13-6-4-12(5-7-13)10-15-11-14-16-8-9-17(14)2/h4-9,15H,3,10-11H2,1-2H3. The van der Waals surface area contributed by atoms with Gasteiger partial charge in [0.2, 0.25) is 0 Å². The van der Waals surface area contributed by atoms with Crippen LogP contribution in [0.2, 0.25) is 0 Å². The van der Waals surface area contributed by atoms with Gasteiger partial charge in [-0.05, 0) is 24.6 Å². The average Bonchev–Trinajstić information content (AvgIpc) is 2.78. The molecule has 1 heterocycles. The lowest BCUT2D eigenvalue weighted by atomic mass is 10.2. The molecule has 1 N–H and O–H groups in total. The molecule has 0 unspecified atom stereocenters. The number of aromatic nitrogens is 2. The zero-order chi connectivity index (χ0) is 12.8. The molecule has 0 bridgehead atoms. The Morgan fingerprint density at radius 2 is 2.00 bits per heavy atom. The minimum absolute atomic E-state index is 0.705. The summed E-state index contributed by atoms with van der Waals surface area (Å²) in [6.07, 6.45) is 3.77. The third-order valence-electron chi connectivity index (χ3n) is 2.77. The minimum atomic E-state index is 0.705. The van der Waals surface area contributed by atoms with Gasteiger partial charge in [-0.25, -0.2) is 4.98 Å². The lowest BCUT2D eigenvalue weighted by Crippen LogP contribution is -2.15. The molecule has 0 amide bonds. The molecule has 0 fully saturated rings. The van der Waals surface area contributed by atoms with E-state index in [9.17, 15) is 0 Å². The lowest BCUT2D eigenvalue weighted by Gasteiger charge is -2.07. The van der Waals surface area contributed by atoms with Crippen LogP contribution in [-0.2, 0) is 20.1 Å². The summed E-state index contributed by atoms with van der Waals surface area (Å²) in [6.45, 7) is 4.30. The van der Waals surface area contributed by atoms with E-state index < -0.39 is 0 Å². The van der Waals surface area contributed by atoms with Crippen molar-refractivity contribution < 1.29 is 4.74 Å². The second kappa shape index (κ2) is 6.21. The van der Waals surface area contributed by atoms with Crippen molar-refractivity contribution in [2.45, 2.75) is 20.0 Å². The van der Waals surface area contributed by atoms with Crippen LogP contribution >= 0.6 is 0 Å². The van der Waals surface area contributed by atoms with Crippen LogP contribution in [0.3, 0.4) is 0 Å². The number of nitrogens with zero attached hydrogens (tertiary/aromatic N) is 2. The molecule has 4 nitrogen and oxygen atoms in total. The van der Waals surface area contributed by atoms with Crippen LogP contribution in [0.4, 0.5) is 0 Å². The van der Waals surface area contributed by atoms with Gasteiger partial charge in [0.25, 0.3) is 0 Å². The molecular formula is C14H19N3O. The first-order valence-electron chi connectivity index (χ1n) is 6.18. The third kappa shape index (κ3) is 3.34. The number of hydrogen-bond donors (Lipinski definition) is 1. The summed E-state index contributed by atoms with van der Waals surface area (Å²) in [5.41, 5.74) is 1.24. The zero-order valence-corrected chi connectivity index (χ0v) is 10.9. The summed E-state index contributed by atoms with van der Waals surface area (Å²) in [7, 11) is 2.00. The van der Waals surface area contributed by atoms with E-state index in [2.05, 4.69) is 22.4 Å². The molecule has 0 aliphatic heterocycles. The van der Waals surface area contributed by atoms with Crippen molar-refractivity contribution in [3.8, 4) is 5.75 Å². The fourth-order valence-electron chi connectivity index (χ4n) is 1.76. The van der Waals surface area contributed by atoms with E-state index in [-0.39, 0.29) is 0 Å². The molecule has 96 valence electrons. The van der Waals surface area contributed by atoms with Crippen molar-refractivity contribution in [3.05, 3.63) is 48.0 Å². The normalized spacial score (nSPS) is 10.6. The molecule has 0 saturated heterocycles. The van der Waals surface area contributed by atoms with E-state index >= 15 is 0 Å². The Bertz CT molecular complexity index is 476. The number of hydrogen-bond acceptors (Lipinski definition) is 3. The molecule has 2 aromatic rings. The third-order valence-corrected chi connectivity index (χ3v) is 2.77. The summed E-state index contributed by atoms with van der Waals surface area (Å²) in [5.74, 6) is 1.96. The molecular weight excluding hydrogens is 226 g/mol. The van der Waals surface area contributed by atoms with Gasteiger partial charge in [0.1, 0.15) is 11.6 Å². The number of imidazole rings is 1. The maximum Gasteiger partial charge on any atom is 0.122 e. The Hall–Kier alpha value is -1.81. The van der Waals surface area contributed by atoms with Crippen molar-refractivity contribution in [1.82, 2.24) is 14.9 Å². The predicted octanol–water partition coefficient (Wildman–Crippen LogP) is 2.11. The highest BCUT2D eigenvalue weighted by Gasteiger charge is 1.99. The topological polar surface area (TPSA) is 39.1 Å². The SMILES string of the molecule is CCOc1ccc(CNCc2nccn2C)cc1. The van der Waals surface area contributed by atoms with Gasteiger partial charge in [-0.1, -0.05) is 12.1 Å². The van der Waals surface area contributed by atoms with Crippen LogP contribution in [0.5, 0.6) is 5.75 Å². The number of nitrogens with one attached hydrogen (secondary N) is 1. The van der Waals surface area contributed by atoms with Gasteiger partial charge in [0.15, 0.2) is 0 Å². The van der Waals surface area contributed by atoms with E-state index in [0.29, 0.717) is 6.61 Å². The van der Waals surface area contributed by atoms with Crippen LogP contribution in [0.25, 0.3) is 0 Å².